The summed E-state index contributed by atoms with van der Waals surface area (Å²) in [6.45, 7) is 0. The van der Waals surface area contributed by atoms with Crippen molar-refractivity contribution in [3.05, 3.63) is 48.4 Å². The van der Waals surface area contributed by atoms with E-state index in [-0.39, 0.29) is 11.7 Å². The lowest BCUT2D eigenvalue weighted by molar-refractivity contribution is 0.0992. The molecule has 0 atom stereocenters. The fourth-order valence-electron chi connectivity index (χ4n) is 1.37. The number of hydrogen-bond acceptors (Lipinski definition) is 3. The molecule has 1 aromatic carbocycles. The van der Waals surface area contributed by atoms with E-state index in [0.29, 0.717) is 11.3 Å². The van der Waals surface area contributed by atoms with Gasteiger partial charge < -0.3 is 14.4 Å². The number of carbonyl (C=O) groups excluding carboxylic acids is 1. The quantitative estimate of drug-likeness (QED) is 0.839. The molecule has 2 aromatic rings. The van der Waals surface area contributed by atoms with E-state index in [9.17, 15) is 4.79 Å². The second-order valence-corrected chi connectivity index (χ2v) is 3.39. The van der Waals surface area contributed by atoms with Crippen molar-refractivity contribution in [1.82, 2.24) is 0 Å². The highest BCUT2D eigenvalue weighted by molar-refractivity contribution is 6.05. The number of anilines is 1. The van der Waals surface area contributed by atoms with Crippen molar-refractivity contribution in [3.8, 4) is 5.75 Å². The first-order chi connectivity index (χ1) is 7.68. The molecule has 0 radical (unpaired) electrons. The second-order valence-electron chi connectivity index (χ2n) is 3.39. The van der Waals surface area contributed by atoms with Crippen LogP contribution in [0.25, 0.3) is 0 Å². The lowest BCUT2D eigenvalue weighted by atomic mass is 10.2. The van der Waals surface area contributed by atoms with E-state index in [1.54, 1.807) is 25.2 Å². The number of nitrogens with zero attached hydrogens (tertiary/aromatic N) is 1. The summed E-state index contributed by atoms with van der Waals surface area (Å²) in [5.74, 6) is 0.0207. The van der Waals surface area contributed by atoms with Crippen LogP contribution in [0.15, 0.2) is 47.3 Å². The SMILES string of the molecule is CN(C(=O)c1ccoc1)c1ccc(O)cc1. The molecule has 0 aliphatic heterocycles. The Hall–Kier alpha value is -2.23. The zero-order valence-electron chi connectivity index (χ0n) is 8.75. The van der Waals surface area contributed by atoms with Gasteiger partial charge >= 0.3 is 0 Å². The molecule has 1 amide bonds. The maximum atomic E-state index is 11.9. The molecule has 16 heavy (non-hydrogen) atoms. The number of amides is 1. The molecule has 4 nitrogen and oxygen atoms in total. The highest BCUT2D eigenvalue weighted by atomic mass is 16.3. The molecule has 0 aliphatic rings. The molecule has 1 N–H and O–H groups in total. The number of aromatic hydroxyl groups is 1. The first kappa shape index (κ1) is 10.3. The van der Waals surface area contributed by atoms with Crippen molar-refractivity contribution in [3.63, 3.8) is 0 Å². The average molecular weight is 217 g/mol. The number of rotatable bonds is 2. The van der Waals surface area contributed by atoms with Gasteiger partial charge in [-0.3, -0.25) is 4.79 Å². The molecule has 82 valence electrons. The molecule has 1 aromatic heterocycles. The zero-order chi connectivity index (χ0) is 11.5. The number of carbonyl (C=O) groups is 1. The Morgan fingerprint density at radius 1 is 1.25 bits per heavy atom. The van der Waals surface area contributed by atoms with Crippen molar-refractivity contribution in [2.45, 2.75) is 0 Å². The van der Waals surface area contributed by atoms with E-state index in [0.717, 1.165) is 0 Å². The van der Waals surface area contributed by atoms with Crippen LogP contribution in [-0.2, 0) is 0 Å². The van der Waals surface area contributed by atoms with Crippen LogP contribution in [0.1, 0.15) is 10.4 Å². The summed E-state index contributed by atoms with van der Waals surface area (Å²) in [4.78, 5) is 13.4. The van der Waals surface area contributed by atoms with Crippen molar-refractivity contribution >= 4 is 11.6 Å². The van der Waals surface area contributed by atoms with Crippen molar-refractivity contribution in [2.75, 3.05) is 11.9 Å². The van der Waals surface area contributed by atoms with Gasteiger partial charge in [-0.25, -0.2) is 0 Å². The molecule has 0 saturated carbocycles. The van der Waals surface area contributed by atoms with E-state index in [2.05, 4.69) is 0 Å². The zero-order valence-corrected chi connectivity index (χ0v) is 8.75. The fourth-order valence-corrected chi connectivity index (χ4v) is 1.37. The highest BCUT2D eigenvalue weighted by Gasteiger charge is 2.14. The molecule has 0 saturated heterocycles. The van der Waals surface area contributed by atoms with Crippen molar-refractivity contribution in [1.29, 1.82) is 0 Å². The standard InChI is InChI=1S/C12H11NO3/c1-13(10-2-4-11(14)5-3-10)12(15)9-6-7-16-8-9/h2-8,14H,1H3. The molecule has 0 fully saturated rings. The van der Waals surface area contributed by atoms with E-state index in [1.807, 2.05) is 0 Å². The van der Waals surface area contributed by atoms with Crippen LogP contribution < -0.4 is 4.90 Å². The minimum absolute atomic E-state index is 0.153. The summed E-state index contributed by atoms with van der Waals surface area (Å²) in [5, 5.41) is 9.14. The monoisotopic (exact) mass is 217 g/mol. The Balaban J connectivity index is 2.22. The Kier molecular flexibility index (Phi) is 2.64. The molecule has 2 rings (SSSR count). The van der Waals surface area contributed by atoms with Gasteiger partial charge in [0.25, 0.3) is 5.91 Å². The maximum absolute atomic E-state index is 11.9. The van der Waals surface area contributed by atoms with Crippen LogP contribution in [-0.4, -0.2) is 18.1 Å². The van der Waals surface area contributed by atoms with E-state index >= 15 is 0 Å². The third-order valence-corrected chi connectivity index (χ3v) is 2.31. The van der Waals surface area contributed by atoms with Crippen LogP contribution in [0.5, 0.6) is 5.75 Å². The molecule has 4 heteroatoms. The normalized spacial score (nSPS) is 10.1. The summed E-state index contributed by atoms with van der Waals surface area (Å²) >= 11 is 0. The topological polar surface area (TPSA) is 53.7 Å². The van der Waals surface area contributed by atoms with Gasteiger partial charge in [0, 0.05) is 12.7 Å². The van der Waals surface area contributed by atoms with E-state index < -0.39 is 0 Å². The first-order valence-electron chi connectivity index (χ1n) is 4.78. The number of phenolic OH excluding ortho intramolecular Hbond substituents is 1. The highest BCUT2D eigenvalue weighted by Crippen LogP contribution is 2.19. The summed E-state index contributed by atoms with van der Waals surface area (Å²) in [6, 6.07) is 8.03. The van der Waals surface area contributed by atoms with Gasteiger partial charge in [0.05, 0.1) is 11.8 Å². The van der Waals surface area contributed by atoms with Gasteiger partial charge in [0.2, 0.25) is 0 Å². The largest absolute Gasteiger partial charge is 0.508 e. The van der Waals surface area contributed by atoms with E-state index in [1.165, 1.54) is 29.6 Å². The molecule has 0 bridgehead atoms. The number of phenols is 1. The molecular weight excluding hydrogens is 206 g/mol. The smallest absolute Gasteiger partial charge is 0.261 e. The fraction of sp³-hybridized carbons (Fsp3) is 0.0833. The minimum atomic E-state index is -0.153. The lowest BCUT2D eigenvalue weighted by Crippen LogP contribution is -2.25. The summed E-state index contributed by atoms with van der Waals surface area (Å²) in [6.07, 6.45) is 2.86. The van der Waals surface area contributed by atoms with Gasteiger partial charge in [0.15, 0.2) is 0 Å². The average Bonchev–Trinajstić information content (AvgIpc) is 2.81. The predicted molar refractivity (Wildman–Crippen MR) is 59.5 cm³/mol. The van der Waals surface area contributed by atoms with Crippen LogP contribution in [0.2, 0.25) is 0 Å². The number of furan rings is 1. The van der Waals surface area contributed by atoms with Gasteiger partial charge in [-0.2, -0.15) is 0 Å². The van der Waals surface area contributed by atoms with Crippen LogP contribution in [0.4, 0.5) is 5.69 Å². The van der Waals surface area contributed by atoms with Gasteiger partial charge in [-0.15, -0.1) is 0 Å². The second kappa shape index (κ2) is 4.10. The summed E-state index contributed by atoms with van der Waals surface area (Å²) in [7, 11) is 1.67. The van der Waals surface area contributed by atoms with Gasteiger partial charge in [0.1, 0.15) is 12.0 Å². The summed E-state index contributed by atoms with van der Waals surface area (Å²) < 4.78 is 4.85. The van der Waals surface area contributed by atoms with Crippen LogP contribution in [0.3, 0.4) is 0 Å². The Morgan fingerprint density at radius 2 is 1.94 bits per heavy atom. The third kappa shape index (κ3) is 1.91. The Morgan fingerprint density at radius 3 is 2.50 bits per heavy atom. The molecule has 0 unspecified atom stereocenters. The summed E-state index contributed by atoms with van der Waals surface area (Å²) in [5.41, 5.74) is 1.21. The number of hydrogen-bond donors (Lipinski definition) is 1. The Bertz CT molecular complexity index is 473. The van der Waals surface area contributed by atoms with Crippen molar-refractivity contribution in [2.24, 2.45) is 0 Å². The molecular formula is C12H11NO3. The maximum Gasteiger partial charge on any atom is 0.261 e. The minimum Gasteiger partial charge on any atom is -0.508 e. The first-order valence-corrected chi connectivity index (χ1v) is 4.78. The van der Waals surface area contributed by atoms with Crippen LogP contribution >= 0.6 is 0 Å². The van der Waals surface area contributed by atoms with Crippen molar-refractivity contribution < 1.29 is 14.3 Å². The van der Waals surface area contributed by atoms with Gasteiger partial charge in [-0.1, -0.05) is 0 Å². The molecule has 1 heterocycles. The van der Waals surface area contributed by atoms with E-state index in [4.69, 9.17) is 9.52 Å². The third-order valence-electron chi connectivity index (χ3n) is 2.31. The lowest BCUT2D eigenvalue weighted by Gasteiger charge is -2.16. The number of benzene rings is 1. The van der Waals surface area contributed by atoms with Gasteiger partial charge in [-0.05, 0) is 30.3 Å². The Labute approximate surface area is 92.7 Å². The molecule has 0 spiro atoms. The van der Waals surface area contributed by atoms with Crippen LogP contribution in [0, 0.1) is 0 Å². The molecule has 0 aliphatic carbocycles. The predicted octanol–water partition coefficient (Wildman–Crippen LogP) is 2.26.